The molecule has 3 rings (SSSR count). The minimum absolute atomic E-state index is 0.00561. The van der Waals surface area contributed by atoms with E-state index in [1.807, 2.05) is 31.2 Å². The van der Waals surface area contributed by atoms with Crippen molar-refractivity contribution in [1.82, 2.24) is 20.2 Å². The summed E-state index contributed by atoms with van der Waals surface area (Å²) in [6.45, 7) is 2.00. The topological polar surface area (TPSA) is 79.1 Å². The van der Waals surface area contributed by atoms with Gasteiger partial charge in [-0.3, -0.25) is 4.79 Å². The fraction of sp³-hybridized carbons (Fsp3) is 0.222. The van der Waals surface area contributed by atoms with Crippen molar-refractivity contribution in [3.8, 4) is 22.9 Å². The molecule has 0 N–H and O–H groups in total. The molecule has 0 aliphatic heterocycles. The second-order valence-electron chi connectivity index (χ2n) is 5.50. The number of hydrogen-bond acceptors (Lipinski definition) is 6. The van der Waals surface area contributed by atoms with Crippen LogP contribution in [0.15, 0.2) is 42.5 Å². The smallest absolute Gasteiger partial charge is 0.204 e. The Kier molecular flexibility index (Phi) is 4.74. The zero-order chi connectivity index (χ0) is 17.8. The Morgan fingerprint density at radius 3 is 2.44 bits per heavy atom. The van der Waals surface area contributed by atoms with E-state index in [0.29, 0.717) is 22.9 Å². The van der Waals surface area contributed by atoms with Crippen molar-refractivity contribution in [1.29, 1.82) is 0 Å². The summed E-state index contributed by atoms with van der Waals surface area (Å²) in [5.41, 5.74) is 2.50. The minimum atomic E-state index is -0.145. The average molecular weight is 338 g/mol. The molecule has 0 aliphatic carbocycles. The van der Waals surface area contributed by atoms with E-state index < -0.39 is 0 Å². The lowest BCUT2D eigenvalue weighted by Crippen LogP contribution is -2.13. The van der Waals surface area contributed by atoms with Crippen molar-refractivity contribution in [2.75, 3.05) is 14.2 Å². The van der Waals surface area contributed by atoms with Gasteiger partial charge in [-0.25, -0.2) is 0 Å². The Balaban J connectivity index is 1.76. The standard InChI is InChI=1S/C18H18N4O3/c1-12-4-6-13(7-5-12)18-19-21-22(20-18)11-15(23)14-8-9-16(24-2)17(10-14)25-3/h4-10H,11H2,1-3H3. The summed E-state index contributed by atoms with van der Waals surface area (Å²) in [7, 11) is 3.07. The Labute approximate surface area is 145 Å². The van der Waals surface area contributed by atoms with Crippen LogP contribution in [0.2, 0.25) is 0 Å². The average Bonchev–Trinajstić information content (AvgIpc) is 3.10. The molecule has 0 saturated heterocycles. The van der Waals surface area contributed by atoms with E-state index in [-0.39, 0.29) is 12.3 Å². The zero-order valence-electron chi connectivity index (χ0n) is 14.3. The Bertz CT molecular complexity index is 888. The SMILES string of the molecule is COc1ccc(C(=O)Cn2nnc(-c3ccc(C)cc3)n2)cc1OC. The first-order valence-electron chi connectivity index (χ1n) is 7.71. The molecule has 0 amide bonds. The number of carbonyl (C=O) groups is 1. The third-order valence-electron chi connectivity index (χ3n) is 3.75. The van der Waals surface area contributed by atoms with Crippen molar-refractivity contribution in [3.63, 3.8) is 0 Å². The van der Waals surface area contributed by atoms with Gasteiger partial charge in [-0.15, -0.1) is 10.2 Å². The van der Waals surface area contributed by atoms with Crippen LogP contribution < -0.4 is 9.47 Å². The van der Waals surface area contributed by atoms with E-state index in [9.17, 15) is 4.79 Å². The van der Waals surface area contributed by atoms with E-state index in [4.69, 9.17) is 9.47 Å². The first-order chi connectivity index (χ1) is 12.1. The number of aryl methyl sites for hydroxylation is 1. The van der Waals surface area contributed by atoms with Gasteiger partial charge in [0.1, 0.15) is 6.54 Å². The first-order valence-corrected chi connectivity index (χ1v) is 7.71. The first kappa shape index (κ1) is 16.6. The van der Waals surface area contributed by atoms with Crippen LogP contribution in [-0.2, 0) is 6.54 Å². The maximum Gasteiger partial charge on any atom is 0.204 e. The maximum atomic E-state index is 12.4. The monoisotopic (exact) mass is 338 g/mol. The van der Waals surface area contributed by atoms with Crippen LogP contribution >= 0.6 is 0 Å². The molecule has 0 aliphatic rings. The third kappa shape index (κ3) is 3.65. The van der Waals surface area contributed by atoms with Gasteiger partial charge in [-0.1, -0.05) is 29.8 Å². The van der Waals surface area contributed by atoms with Crippen LogP contribution in [-0.4, -0.2) is 40.2 Å². The van der Waals surface area contributed by atoms with Crippen LogP contribution in [0.1, 0.15) is 15.9 Å². The predicted molar refractivity (Wildman–Crippen MR) is 91.9 cm³/mol. The highest BCUT2D eigenvalue weighted by Crippen LogP contribution is 2.27. The number of tetrazole rings is 1. The van der Waals surface area contributed by atoms with Gasteiger partial charge < -0.3 is 9.47 Å². The molecule has 7 heteroatoms. The number of ether oxygens (including phenoxy) is 2. The Hall–Kier alpha value is -3.22. The van der Waals surface area contributed by atoms with Gasteiger partial charge in [-0.05, 0) is 30.3 Å². The van der Waals surface area contributed by atoms with E-state index >= 15 is 0 Å². The van der Waals surface area contributed by atoms with E-state index in [2.05, 4.69) is 15.4 Å². The van der Waals surface area contributed by atoms with Crippen LogP contribution in [0.25, 0.3) is 11.4 Å². The molecule has 0 spiro atoms. The summed E-state index contributed by atoms with van der Waals surface area (Å²) in [6, 6.07) is 12.8. The van der Waals surface area contributed by atoms with E-state index in [1.165, 1.54) is 11.9 Å². The fourth-order valence-corrected chi connectivity index (χ4v) is 2.36. The Morgan fingerprint density at radius 1 is 1.04 bits per heavy atom. The number of methoxy groups -OCH3 is 2. The third-order valence-corrected chi connectivity index (χ3v) is 3.75. The van der Waals surface area contributed by atoms with Gasteiger partial charge in [0.15, 0.2) is 17.3 Å². The zero-order valence-corrected chi connectivity index (χ0v) is 14.3. The molecular weight excluding hydrogens is 320 g/mol. The Morgan fingerprint density at radius 2 is 1.76 bits per heavy atom. The molecule has 128 valence electrons. The molecule has 25 heavy (non-hydrogen) atoms. The number of benzene rings is 2. The molecule has 0 fully saturated rings. The number of Topliss-reactive ketones (excluding diaryl/α,β-unsaturated/α-hetero) is 1. The molecule has 1 heterocycles. The summed E-state index contributed by atoms with van der Waals surface area (Å²) >= 11 is 0. The van der Waals surface area contributed by atoms with Crippen molar-refractivity contribution < 1.29 is 14.3 Å². The lowest BCUT2D eigenvalue weighted by Gasteiger charge is -2.08. The van der Waals surface area contributed by atoms with Gasteiger partial charge in [0.05, 0.1) is 14.2 Å². The molecule has 0 radical (unpaired) electrons. The molecule has 3 aromatic rings. The highest BCUT2D eigenvalue weighted by Gasteiger charge is 2.14. The molecule has 0 unspecified atom stereocenters. The van der Waals surface area contributed by atoms with Crippen molar-refractivity contribution in [3.05, 3.63) is 53.6 Å². The molecular formula is C18H18N4O3. The summed E-state index contributed by atoms with van der Waals surface area (Å²) in [5, 5.41) is 12.2. The largest absolute Gasteiger partial charge is 0.493 e. The van der Waals surface area contributed by atoms with Crippen molar-refractivity contribution in [2.45, 2.75) is 13.5 Å². The number of hydrogen-bond donors (Lipinski definition) is 0. The van der Waals surface area contributed by atoms with Gasteiger partial charge in [0.2, 0.25) is 5.82 Å². The molecule has 2 aromatic carbocycles. The molecule has 0 bridgehead atoms. The normalized spacial score (nSPS) is 10.5. The minimum Gasteiger partial charge on any atom is -0.493 e. The molecule has 0 saturated carbocycles. The van der Waals surface area contributed by atoms with Gasteiger partial charge in [0, 0.05) is 11.1 Å². The molecule has 1 aromatic heterocycles. The number of rotatable bonds is 6. The fourth-order valence-electron chi connectivity index (χ4n) is 2.36. The lowest BCUT2D eigenvalue weighted by atomic mass is 10.1. The van der Waals surface area contributed by atoms with Gasteiger partial charge in [0.25, 0.3) is 0 Å². The summed E-state index contributed by atoms with van der Waals surface area (Å²) in [4.78, 5) is 13.7. The molecule has 7 nitrogen and oxygen atoms in total. The van der Waals surface area contributed by atoms with Crippen LogP contribution in [0.4, 0.5) is 0 Å². The van der Waals surface area contributed by atoms with Gasteiger partial charge >= 0.3 is 0 Å². The van der Waals surface area contributed by atoms with Crippen molar-refractivity contribution in [2.24, 2.45) is 0 Å². The van der Waals surface area contributed by atoms with E-state index in [1.54, 1.807) is 25.3 Å². The number of aromatic nitrogens is 4. The highest BCUT2D eigenvalue weighted by molar-refractivity contribution is 5.96. The second-order valence-corrected chi connectivity index (χ2v) is 5.50. The lowest BCUT2D eigenvalue weighted by molar-refractivity contribution is 0.0961. The highest BCUT2D eigenvalue weighted by atomic mass is 16.5. The summed E-state index contributed by atoms with van der Waals surface area (Å²) < 4.78 is 10.4. The second kappa shape index (κ2) is 7.12. The van der Waals surface area contributed by atoms with Crippen molar-refractivity contribution >= 4 is 5.78 Å². The number of ketones is 1. The number of carbonyl (C=O) groups excluding carboxylic acids is 1. The van der Waals surface area contributed by atoms with Crippen LogP contribution in [0, 0.1) is 6.92 Å². The van der Waals surface area contributed by atoms with Crippen LogP contribution in [0.3, 0.4) is 0 Å². The van der Waals surface area contributed by atoms with Crippen LogP contribution in [0.5, 0.6) is 11.5 Å². The van der Waals surface area contributed by atoms with E-state index in [0.717, 1.165) is 11.1 Å². The predicted octanol–water partition coefficient (Wildman–Crippen LogP) is 2.55. The summed E-state index contributed by atoms with van der Waals surface area (Å²) in [6.07, 6.45) is 0. The maximum absolute atomic E-state index is 12.4. The quantitative estimate of drug-likeness (QED) is 0.643. The number of nitrogens with zero attached hydrogens (tertiary/aromatic N) is 4. The summed E-state index contributed by atoms with van der Waals surface area (Å²) in [5.74, 6) is 1.41. The molecule has 0 atom stereocenters. The van der Waals surface area contributed by atoms with Gasteiger partial charge in [-0.2, -0.15) is 4.80 Å².